The first kappa shape index (κ1) is 32.2. The Morgan fingerprint density at radius 1 is 0.978 bits per heavy atom. The summed E-state index contributed by atoms with van der Waals surface area (Å²) in [5, 5.41) is 18.3. The number of hydrogen-bond donors (Lipinski definition) is 3. The zero-order valence-electron chi connectivity index (χ0n) is 25.2. The molecular formula is C35H31N5O4S2. The second-order valence-corrected chi connectivity index (χ2v) is 13.0. The van der Waals surface area contributed by atoms with Crippen LogP contribution in [0.1, 0.15) is 45.8 Å². The third-order valence-electron chi connectivity index (χ3n) is 7.26. The minimum absolute atomic E-state index is 0.0213. The molecule has 3 aromatic carbocycles. The van der Waals surface area contributed by atoms with Crippen LogP contribution in [0.15, 0.2) is 95.5 Å². The highest BCUT2D eigenvalue weighted by molar-refractivity contribution is 8.00. The highest BCUT2D eigenvalue weighted by Crippen LogP contribution is 2.37. The molecule has 1 atom stereocenters. The Kier molecular flexibility index (Phi) is 10.3. The monoisotopic (exact) mass is 649 g/mol. The maximum atomic E-state index is 13.4. The second kappa shape index (κ2) is 14.7. The number of amides is 4. The number of anilines is 2. The van der Waals surface area contributed by atoms with Crippen molar-refractivity contribution in [2.24, 2.45) is 0 Å². The first-order chi connectivity index (χ1) is 22.2. The fourth-order valence-electron chi connectivity index (χ4n) is 4.85. The molecule has 0 fully saturated rings. The molecule has 0 aliphatic carbocycles. The smallest absolute Gasteiger partial charge is 0.272 e. The molecule has 3 N–H and O–H groups in total. The summed E-state index contributed by atoms with van der Waals surface area (Å²) < 4.78 is 0. The Labute approximate surface area is 275 Å². The third-order valence-corrected chi connectivity index (χ3v) is 9.49. The zero-order chi connectivity index (χ0) is 32.6. The van der Waals surface area contributed by atoms with E-state index >= 15 is 0 Å². The van der Waals surface area contributed by atoms with Gasteiger partial charge in [0.1, 0.15) is 16.8 Å². The van der Waals surface area contributed by atoms with Crippen molar-refractivity contribution in [2.45, 2.75) is 37.0 Å². The maximum Gasteiger partial charge on any atom is 0.272 e. The van der Waals surface area contributed by atoms with Crippen molar-refractivity contribution < 1.29 is 19.2 Å². The molecule has 0 saturated heterocycles. The van der Waals surface area contributed by atoms with Gasteiger partial charge in [0.15, 0.2) is 0 Å². The van der Waals surface area contributed by atoms with E-state index in [0.29, 0.717) is 41.3 Å². The van der Waals surface area contributed by atoms with Crippen molar-refractivity contribution in [1.29, 1.82) is 5.26 Å². The van der Waals surface area contributed by atoms with Crippen LogP contribution in [-0.2, 0) is 27.3 Å². The molecule has 1 aliphatic heterocycles. The van der Waals surface area contributed by atoms with Crippen molar-refractivity contribution in [2.75, 3.05) is 17.2 Å². The fraction of sp³-hybridized carbons (Fsp3) is 0.171. The van der Waals surface area contributed by atoms with E-state index in [1.54, 1.807) is 60.4 Å². The van der Waals surface area contributed by atoms with Crippen LogP contribution < -0.4 is 16.0 Å². The minimum Gasteiger partial charge on any atom is -0.337 e. The van der Waals surface area contributed by atoms with Gasteiger partial charge in [0.25, 0.3) is 11.8 Å². The van der Waals surface area contributed by atoms with Crippen LogP contribution >= 0.6 is 23.1 Å². The standard InChI is InChI=1S/C35H31N5O4S2/c1-22(32(42)39-35-29(20-36)28-16-17-40(23(2)41)21-31(28)46-35)45-27-15-9-14-26(19-27)37-34(44)30(18-24-10-5-3-6-11-24)38-33(43)25-12-7-4-8-13-25/h3-15,18-19,22H,16-17,21H2,1-2H3,(H,37,44)(H,38,43)(H,39,42)/b30-18-. The highest BCUT2D eigenvalue weighted by Gasteiger charge is 2.27. The molecule has 0 saturated carbocycles. The van der Waals surface area contributed by atoms with Gasteiger partial charge in [-0.1, -0.05) is 54.6 Å². The van der Waals surface area contributed by atoms with Gasteiger partial charge in [-0.25, -0.2) is 0 Å². The molecule has 0 radical (unpaired) electrons. The number of fused-ring (bicyclic) bond motifs is 1. The van der Waals surface area contributed by atoms with Crippen LogP contribution in [0, 0.1) is 11.3 Å². The topological polar surface area (TPSA) is 131 Å². The molecule has 9 nitrogen and oxygen atoms in total. The lowest BCUT2D eigenvalue weighted by Gasteiger charge is -2.25. The van der Waals surface area contributed by atoms with Gasteiger partial charge in [0, 0.05) is 34.5 Å². The summed E-state index contributed by atoms with van der Waals surface area (Å²) in [6, 6.07) is 27.2. The number of thiophene rings is 1. The van der Waals surface area contributed by atoms with Crippen LogP contribution in [0.25, 0.3) is 6.08 Å². The molecule has 0 bridgehead atoms. The normalized spacial score (nSPS) is 13.2. The number of thioether (sulfide) groups is 1. The van der Waals surface area contributed by atoms with Gasteiger partial charge in [-0.2, -0.15) is 5.26 Å². The predicted octanol–water partition coefficient (Wildman–Crippen LogP) is 6.05. The van der Waals surface area contributed by atoms with E-state index in [9.17, 15) is 24.4 Å². The number of nitriles is 1. The van der Waals surface area contributed by atoms with Gasteiger partial charge in [-0.15, -0.1) is 23.1 Å². The van der Waals surface area contributed by atoms with Crippen LogP contribution in [0.5, 0.6) is 0 Å². The number of carbonyl (C=O) groups is 4. The average Bonchev–Trinajstić information content (AvgIpc) is 3.41. The number of benzene rings is 3. The van der Waals surface area contributed by atoms with Crippen molar-refractivity contribution >= 4 is 63.5 Å². The summed E-state index contributed by atoms with van der Waals surface area (Å²) in [7, 11) is 0. The Morgan fingerprint density at radius 3 is 2.39 bits per heavy atom. The van der Waals surface area contributed by atoms with E-state index in [-0.39, 0.29) is 17.5 Å². The molecule has 11 heteroatoms. The van der Waals surface area contributed by atoms with Crippen LogP contribution in [0.2, 0.25) is 0 Å². The lowest BCUT2D eigenvalue weighted by Crippen LogP contribution is -2.33. The SMILES string of the molecule is CC(=O)N1CCc2c(sc(NC(=O)C(C)Sc3cccc(NC(=O)/C(=C/c4ccccc4)NC(=O)c4ccccc4)c3)c2C#N)C1. The number of carbonyl (C=O) groups excluding carboxylic acids is 4. The van der Waals surface area contributed by atoms with Crippen molar-refractivity contribution in [1.82, 2.24) is 10.2 Å². The average molecular weight is 650 g/mol. The van der Waals surface area contributed by atoms with Crippen molar-refractivity contribution in [3.63, 3.8) is 0 Å². The van der Waals surface area contributed by atoms with Gasteiger partial charge in [-0.3, -0.25) is 19.2 Å². The number of nitrogens with one attached hydrogen (secondary N) is 3. The highest BCUT2D eigenvalue weighted by atomic mass is 32.2. The summed E-state index contributed by atoms with van der Waals surface area (Å²) >= 11 is 2.64. The Balaban J connectivity index is 1.26. The van der Waals surface area contributed by atoms with Gasteiger partial charge in [-0.05, 0) is 60.9 Å². The first-order valence-corrected chi connectivity index (χ1v) is 16.2. The van der Waals surface area contributed by atoms with Crippen LogP contribution in [0.4, 0.5) is 10.7 Å². The molecule has 232 valence electrons. The molecule has 46 heavy (non-hydrogen) atoms. The molecule has 5 rings (SSSR count). The molecule has 1 unspecified atom stereocenters. The van der Waals surface area contributed by atoms with E-state index in [1.165, 1.54) is 30.0 Å². The Hall–Kier alpha value is -5.18. The Bertz CT molecular complexity index is 1850. The fourth-order valence-corrected chi connectivity index (χ4v) is 7.00. The summed E-state index contributed by atoms with van der Waals surface area (Å²) in [4.78, 5) is 54.8. The molecule has 0 spiro atoms. The van der Waals surface area contributed by atoms with Crippen LogP contribution in [-0.4, -0.2) is 40.3 Å². The van der Waals surface area contributed by atoms with Gasteiger partial charge in [0.2, 0.25) is 11.8 Å². The second-order valence-electron chi connectivity index (χ2n) is 10.5. The number of hydrogen-bond acceptors (Lipinski definition) is 7. The summed E-state index contributed by atoms with van der Waals surface area (Å²) in [6.07, 6.45) is 2.18. The van der Waals surface area contributed by atoms with E-state index in [2.05, 4.69) is 22.0 Å². The summed E-state index contributed by atoms with van der Waals surface area (Å²) in [6.45, 7) is 4.27. The van der Waals surface area contributed by atoms with Crippen molar-refractivity contribution in [3.8, 4) is 6.07 Å². The molecular weight excluding hydrogens is 619 g/mol. The van der Waals surface area contributed by atoms with Crippen LogP contribution in [0.3, 0.4) is 0 Å². The molecule has 4 aromatic rings. The van der Waals surface area contributed by atoms with Gasteiger partial charge < -0.3 is 20.9 Å². The van der Waals surface area contributed by atoms with Crippen molar-refractivity contribution in [3.05, 3.63) is 118 Å². The number of nitrogens with zero attached hydrogens (tertiary/aromatic N) is 2. The minimum atomic E-state index is -0.524. The van der Waals surface area contributed by atoms with E-state index in [1.807, 2.05) is 42.5 Å². The predicted molar refractivity (Wildman–Crippen MR) is 181 cm³/mol. The van der Waals surface area contributed by atoms with E-state index in [0.717, 1.165) is 20.9 Å². The summed E-state index contributed by atoms with van der Waals surface area (Å²) in [5.41, 5.74) is 3.07. The molecule has 1 aliphatic rings. The van der Waals surface area contributed by atoms with E-state index < -0.39 is 17.1 Å². The quantitative estimate of drug-likeness (QED) is 0.149. The number of rotatable bonds is 9. The summed E-state index contributed by atoms with van der Waals surface area (Å²) in [5.74, 6) is -1.21. The Morgan fingerprint density at radius 2 is 1.70 bits per heavy atom. The van der Waals surface area contributed by atoms with Gasteiger partial charge in [0.05, 0.1) is 17.4 Å². The van der Waals surface area contributed by atoms with Gasteiger partial charge >= 0.3 is 0 Å². The molecule has 1 aromatic heterocycles. The zero-order valence-corrected chi connectivity index (χ0v) is 26.8. The largest absolute Gasteiger partial charge is 0.337 e. The lowest BCUT2D eigenvalue weighted by molar-refractivity contribution is -0.129. The van der Waals surface area contributed by atoms with E-state index in [4.69, 9.17) is 0 Å². The lowest BCUT2D eigenvalue weighted by atomic mass is 10.0. The molecule has 4 amide bonds. The third kappa shape index (κ3) is 7.90. The maximum absolute atomic E-state index is 13.4. The molecule has 2 heterocycles. The first-order valence-electron chi connectivity index (χ1n) is 14.5.